The number of aryl methyl sites for hydroxylation is 1. The first-order valence-electron chi connectivity index (χ1n) is 9.93. The molecule has 2 amide bonds. The van der Waals surface area contributed by atoms with Gasteiger partial charge in [0, 0.05) is 50.9 Å². The van der Waals surface area contributed by atoms with Gasteiger partial charge in [-0.15, -0.1) is 0 Å². The van der Waals surface area contributed by atoms with Crippen LogP contribution in [-0.4, -0.2) is 41.2 Å². The van der Waals surface area contributed by atoms with Gasteiger partial charge in [-0.1, -0.05) is 12.1 Å². The van der Waals surface area contributed by atoms with Crippen molar-refractivity contribution in [3.63, 3.8) is 0 Å². The van der Waals surface area contributed by atoms with E-state index in [1.807, 2.05) is 55.5 Å². The van der Waals surface area contributed by atoms with Crippen molar-refractivity contribution in [1.82, 2.24) is 20.4 Å². The van der Waals surface area contributed by atoms with Gasteiger partial charge in [0.05, 0.1) is 18.2 Å². The largest absolute Gasteiger partial charge is 0.349 e. The SMILES string of the molecule is CC(NC(=O)[C@H]1CNC[C@@H]1c1cnn(C)c1)c1ccc(N2CCCC2=O)cc1. The van der Waals surface area contributed by atoms with Crippen LogP contribution in [0.3, 0.4) is 0 Å². The lowest BCUT2D eigenvalue weighted by atomic mass is 9.90. The summed E-state index contributed by atoms with van der Waals surface area (Å²) in [4.78, 5) is 26.6. The predicted octanol–water partition coefficient (Wildman–Crippen LogP) is 1.73. The fraction of sp³-hybridized carbons (Fsp3) is 0.476. The molecule has 7 nitrogen and oxygen atoms in total. The maximum atomic E-state index is 12.9. The first-order chi connectivity index (χ1) is 13.5. The average Bonchev–Trinajstić information content (AvgIpc) is 3.42. The van der Waals surface area contributed by atoms with Gasteiger partial charge in [-0.2, -0.15) is 5.10 Å². The van der Waals surface area contributed by atoms with Gasteiger partial charge < -0.3 is 15.5 Å². The van der Waals surface area contributed by atoms with Crippen molar-refractivity contribution in [2.75, 3.05) is 24.5 Å². The molecule has 3 atom stereocenters. The van der Waals surface area contributed by atoms with Gasteiger partial charge in [0.25, 0.3) is 0 Å². The van der Waals surface area contributed by atoms with Crippen LogP contribution in [0.25, 0.3) is 0 Å². The molecule has 2 saturated heterocycles. The maximum Gasteiger partial charge on any atom is 0.227 e. The van der Waals surface area contributed by atoms with Crippen LogP contribution in [0.15, 0.2) is 36.7 Å². The highest BCUT2D eigenvalue weighted by Gasteiger charge is 2.35. The van der Waals surface area contributed by atoms with E-state index in [9.17, 15) is 9.59 Å². The number of aromatic nitrogens is 2. The van der Waals surface area contributed by atoms with E-state index < -0.39 is 0 Å². The molecule has 2 N–H and O–H groups in total. The molecule has 28 heavy (non-hydrogen) atoms. The molecule has 0 radical (unpaired) electrons. The maximum absolute atomic E-state index is 12.9. The second-order valence-electron chi connectivity index (χ2n) is 7.79. The molecule has 1 aromatic carbocycles. The van der Waals surface area contributed by atoms with Gasteiger partial charge in [0.1, 0.15) is 0 Å². The van der Waals surface area contributed by atoms with Gasteiger partial charge in [-0.05, 0) is 36.6 Å². The van der Waals surface area contributed by atoms with Crippen LogP contribution in [0.1, 0.15) is 42.9 Å². The Balaban J connectivity index is 1.40. The van der Waals surface area contributed by atoms with E-state index >= 15 is 0 Å². The van der Waals surface area contributed by atoms with Gasteiger partial charge in [-0.25, -0.2) is 0 Å². The molecule has 2 aromatic rings. The first-order valence-corrected chi connectivity index (χ1v) is 9.93. The Hall–Kier alpha value is -2.67. The minimum absolute atomic E-state index is 0.0603. The smallest absolute Gasteiger partial charge is 0.227 e. The molecular weight excluding hydrogens is 354 g/mol. The predicted molar refractivity (Wildman–Crippen MR) is 107 cm³/mol. The Morgan fingerprint density at radius 3 is 2.71 bits per heavy atom. The highest BCUT2D eigenvalue weighted by Crippen LogP contribution is 2.29. The molecule has 0 spiro atoms. The standard InChI is InChI=1S/C21H27N5O2/c1-14(15-5-7-17(8-6-15)26-9-3-4-20(26)27)24-21(28)19-12-22-11-18(19)16-10-23-25(2)13-16/h5-8,10,13-14,18-19,22H,3-4,9,11-12H2,1-2H3,(H,24,28)/t14?,18-,19+/m1/s1. The van der Waals surface area contributed by atoms with E-state index in [0.717, 1.165) is 36.3 Å². The zero-order chi connectivity index (χ0) is 19.7. The molecule has 3 heterocycles. The van der Waals surface area contributed by atoms with E-state index in [0.29, 0.717) is 13.0 Å². The first kappa shape index (κ1) is 18.7. The molecule has 7 heteroatoms. The molecule has 0 bridgehead atoms. The fourth-order valence-electron chi connectivity index (χ4n) is 4.20. The number of benzene rings is 1. The number of nitrogens with zero attached hydrogens (tertiary/aromatic N) is 3. The number of anilines is 1. The summed E-state index contributed by atoms with van der Waals surface area (Å²) in [6, 6.07) is 7.84. The monoisotopic (exact) mass is 381 g/mol. The van der Waals surface area contributed by atoms with Crippen LogP contribution in [-0.2, 0) is 16.6 Å². The third kappa shape index (κ3) is 3.67. The lowest BCUT2D eigenvalue weighted by molar-refractivity contribution is -0.125. The summed E-state index contributed by atoms with van der Waals surface area (Å²) >= 11 is 0. The Bertz CT molecular complexity index is 860. The molecule has 148 valence electrons. The summed E-state index contributed by atoms with van der Waals surface area (Å²) in [6.45, 7) is 4.25. The normalized spacial score (nSPS) is 23.2. The van der Waals surface area contributed by atoms with Crippen LogP contribution in [0.5, 0.6) is 0 Å². The van der Waals surface area contributed by atoms with Crippen molar-refractivity contribution in [3.8, 4) is 0 Å². The lowest BCUT2D eigenvalue weighted by Gasteiger charge is -2.22. The van der Waals surface area contributed by atoms with Crippen molar-refractivity contribution in [2.24, 2.45) is 13.0 Å². The molecule has 2 fully saturated rings. The van der Waals surface area contributed by atoms with Crippen LogP contribution in [0.2, 0.25) is 0 Å². The highest BCUT2D eigenvalue weighted by atomic mass is 16.2. The van der Waals surface area contributed by atoms with Crippen molar-refractivity contribution in [3.05, 3.63) is 47.8 Å². The number of hydrogen-bond acceptors (Lipinski definition) is 4. The van der Waals surface area contributed by atoms with E-state index in [1.165, 1.54) is 0 Å². The van der Waals surface area contributed by atoms with E-state index in [2.05, 4.69) is 15.7 Å². The Morgan fingerprint density at radius 1 is 1.29 bits per heavy atom. The molecule has 4 rings (SSSR count). The van der Waals surface area contributed by atoms with Gasteiger partial charge in [-0.3, -0.25) is 14.3 Å². The lowest BCUT2D eigenvalue weighted by Crippen LogP contribution is -2.36. The average molecular weight is 381 g/mol. The Kier molecular flexibility index (Phi) is 5.17. The molecule has 2 aliphatic heterocycles. The van der Waals surface area contributed by atoms with E-state index in [-0.39, 0.29) is 29.7 Å². The van der Waals surface area contributed by atoms with Gasteiger partial charge >= 0.3 is 0 Å². The number of rotatable bonds is 5. The Labute approximate surface area is 165 Å². The summed E-state index contributed by atoms with van der Waals surface area (Å²) in [5, 5.41) is 10.7. The van der Waals surface area contributed by atoms with Crippen LogP contribution < -0.4 is 15.5 Å². The zero-order valence-corrected chi connectivity index (χ0v) is 16.4. The zero-order valence-electron chi connectivity index (χ0n) is 16.4. The van der Waals surface area contributed by atoms with Crippen LogP contribution in [0.4, 0.5) is 5.69 Å². The van der Waals surface area contributed by atoms with Gasteiger partial charge in [0.15, 0.2) is 0 Å². The molecule has 1 aromatic heterocycles. The minimum atomic E-state index is -0.104. The molecular formula is C21H27N5O2. The second kappa shape index (κ2) is 7.75. The number of carbonyl (C=O) groups excluding carboxylic acids is 2. The van der Waals surface area contributed by atoms with Crippen molar-refractivity contribution < 1.29 is 9.59 Å². The van der Waals surface area contributed by atoms with Gasteiger partial charge in [0.2, 0.25) is 11.8 Å². The van der Waals surface area contributed by atoms with Crippen molar-refractivity contribution in [2.45, 2.75) is 31.7 Å². The van der Waals surface area contributed by atoms with E-state index in [4.69, 9.17) is 0 Å². The summed E-state index contributed by atoms with van der Waals surface area (Å²) in [5.41, 5.74) is 3.06. The van der Waals surface area contributed by atoms with E-state index in [1.54, 1.807) is 4.68 Å². The highest BCUT2D eigenvalue weighted by molar-refractivity contribution is 5.95. The molecule has 0 saturated carbocycles. The van der Waals surface area contributed by atoms with Crippen molar-refractivity contribution >= 4 is 17.5 Å². The summed E-state index contributed by atoms with van der Waals surface area (Å²) in [5.74, 6) is 0.284. The third-order valence-electron chi connectivity index (χ3n) is 5.84. The second-order valence-corrected chi connectivity index (χ2v) is 7.79. The molecule has 1 unspecified atom stereocenters. The fourth-order valence-corrected chi connectivity index (χ4v) is 4.20. The minimum Gasteiger partial charge on any atom is -0.349 e. The third-order valence-corrected chi connectivity index (χ3v) is 5.84. The molecule has 2 aliphatic rings. The summed E-state index contributed by atoms with van der Waals surface area (Å²) in [7, 11) is 1.89. The summed E-state index contributed by atoms with van der Waals surface area (Å²) < 4.78 is 1.78. The van der Waals surface area contributed by atoms with Crippen LogP contribution in [0, 0.1) is 5.92 Å². The number of nitrogens with one attached hydrogen (secondary N) is 2. The number of carbonyl (C=O) groups is 2. The summed E-state index contributed by atoms with van der Waals surface area (Å²) in [6.07, 6.45) is 5.38. The quantitative estimate of drug-likeness (QED) is 0.827. The number of amides is 2. The Morgan fingerprint density at radius 2 is 2.07 bits per heavy atom. The number of hydrogen-bond donors (Lipinski definition) is 2. The molecule has 0 aliphatic carbocycles. The topological polar surface area (TPSA) is 79.3 Å². The van der Waals surface area contributed by atoms with Crippen LogP contribution >= 0.6 is 0 Å². The van der Waals surface area contributed by atoms with Crippen molar-refractivity contribution in [1.29, 1.82) is 0 Å².